The van der Waals surface area contributed by atoms with Gasteiger partial charge in [-0.1, -0.05) is 12.1 Å². The molecule has 7 heteroatoms. The van der Waals surface area contributed by atoms with E-state index in [1.165, 1.54) is 19.3 Å². The van der Waals surface area contributed by atoms with Crippen LogP contribution in [0.1, 0.15) is 58.1 Å². The highest BCUT2D eigenvalue weighted by Crippen LogP contribution is 2.39. The van der Waals surface area contributed by atoms with Gasteiger partial charge in [-0.25, -0.2) is 18.4 Å². The lowest BCUT2D eigenvalue weighted by atomic mass is 10.0. The molecule has 1 aromatic carbocycles. The summed E-state index contributed by atoms with van der Waals surface area (Å²) >= 11 is 0. The van der Waals surface area contributed by atoms with Gasteiger partial charge in [0.15, 0.2) is 11.6 Å². The minimum atomic E-state index is -0.939. The van der Waals surface area contributed by atoms with Gasteiger partial charge in [0, 0.05) is 12.1 Å². The number of halogens is 2. The molecule has 0 aromatic heterocycles. The zero-order chi connectivity index (χ0) is 20.9. The van der Waals surface area contributed by atoms with Gasteiger partial charge in [0.2, 0.25) is 0 Å². The van der Waals surface area contributed by atoms with Crippen LogP contribution in [0, 0.1) is 11.6 Å². The van der Waals surface area contributed by atoms with Gasteiger partial charge in [0.05, 0.1) is 13.2 Å². The van der Waals surface area contributed by atoms with Crippen LogP contribution in [0.5, 0.6) is 0 Å². The van der Waals surface area contributed by atoms with Crippen molar-refractivity contribution in [3.8, 4) is 0 Å². The van der Waals surface area contributed by atoms with E-state index in [-0.39, 0.29) is 12.1 Å². The Bertz CT molecular complexity index is 742. The molecule has 0 unspecified atom stereocenters. The zero-order valence-corrected chi connectivity index (χ0v) is 16.7. The quantitative estimate of drug-likeness (QED) is 0.525. The van der Waals surface area contributed by atoms with Crippen LogP contribution in [0.3, 0.4) is 0 Å². The summed E-state index contributed by atoms with van der Waals surface area (Å²) < 4.78 is 37.1. The van der Waals surface area contributed by atoms with E-state index in [9.17, 15) is 18.4 Å². The highest BCUT2D eigenvalue weighted by Gasteiger charge is 2.39. The maximum Gasteiger partial charge on any atom is 0.411 e. The lowest BCUT2D eigenvalue weighted by Crippen LogP contribution is -2.41. The van der Waals surface area contributed by atoms with Gasteiger partial charge in [-0.3, -0.25) is 4.90 Å². The first-order chi connectivity index (χ1) is 13.1. The summed E-state index contributed by atoms with van der Waals surface area (Å²) in [5.41, 5.74) is -0.134. The minimum absolute atomic E-state index is 0.129. The van der Waals surface area contributed by atoms with E-state index in [0.717, 1.165) is 12.1 Å². The Balaban J connectivity index is 2.20. The molecule has 0 saturated carbocycles. The number of carbonyl (C=O) groups is 2. The molecule has 28 heavy (non-hydrogen) atoms. The van der Waals surface area contributed by atoms with Gasteiger partial charge >= 0.3 is 12.1 Å². The second-order valence-corrected chi connectivity index (χ2v) is 7.81. The fraction of sp³-hybridized carbons (Fsp3) is 0.524. The third kappa shape index (κ3) is 5.78. The molecule has 2 atom stereocenters. The van der Waals surface area contributed by atoms with Gasteiger partial charge in [-0.15, -0.1) is 0 Å². The number of methoxy groups -OCH3 is 1. The first-order valence-electron chi connectivity index (χ1n) is 9.33. The second kappa shape index (κ2) is 9.17. The summed E-state index contributed by atoms with van der Waals surface area (Å²) in [7, 11) is 1.31. The number of esters is 1. The number of amides is 1. The average Bonchev–Trinajstić information content (AvgIpc) is 3.03. The normalized spacial score (nSPS) is 19.9. The Morgan fingerprint density at radius 2 is 1.93 bits per heavy atom. The number of benzene rings is 1. The number of likely N-dealkylation sites (tertiary alicyclic amines) is 1. The van der Waals surface area contributed by atoms with Crippen molar-refractivity contribution in [2.75, 3.05) is 7.11 Å². The summed E-state index contributed by atoms with van der Waals surface area (Å²) in [6.07, 6.45) is 5.08. The number of hydrogen-bond donors (Lipinski definition) is 0. The van der Waals surface area contributed by atoms with Crippen LogP contribution in [0.2, 0.25) is 0 Å². The Kier molecular flexibility index (Phi) is 7.16. The van der Waals surface area contributed by atoms with Gasteiger partial charge in [0.1, 0.15) is 5.60 Å². The number of carbonyl (C=O) groups excluding carboxylic acids is 2. The molecule has 1 aromatic rings. The molecule has 1 aliphatic rings. The largest absolute Gasteiger partial charge is 0.466 e. The molecule has 1 fully saturated rings. The predicted molar refractivity (Wildman–Crippen MR) is 101 cm³/mol. The van der Waals surface area contributed by atoms with Crippen LogP contribution in [-0.2, 0) is 14.3 Å². The number of rotatable bonds is 5. The summed E-state index contributed by atoms with van der Waals surface area (Å²) in [4.78, 5) is 25.6. The van der Waals surface area contributed by atoms with Gasteiger partial charge in [-0.05, 0) is 64.2 Å². The summed E-state index contributed by atoms with van der Waals surface area (Å²) in [6.45, 7) is 5.34. The molecule has 1 amide bonds. The van der Waals surface area contributed by atoms with Crippen molar-refractivity contribution in [1.29, 1.82) is 0 Å². The molecule has 0 bridgehead atoms. The molecule has 0 aliphatic carbocycles. The predicted octanol–water partition coefficient (Wildman–Crippen LogP) is 4.91. The van der Waals surface area contributed by atoms with Crippen LogP contribution in [0.4, 0.5) is 13.6 Å². The maximum absolute atomic E-state index is 13.7. The number of allylic oxidation sites excluding steroid dienone is 1. The van der Waals surface area contributed by atoms with Crippen molar-refractivity contribution < 1.29 is 27.8 Å². The molecule has 1 saturated heterocycles. The molecule has 154 valence electrons. The van der Waals surface area contributed by atoms with E-state index in [2.05, 4.69) is 4.74 Å². The minimum Gasteiger partial charge on any atom is -0.466 e. The van der Waals surface area contributed by atoms with E-state index in [4.69, 9.17) is 4.74 Å². The maximum atomic E-state index is 13.7. The van der Waals surface area contributed by atoms with E-state index in [1.54, 1.807) is 31.7 Å². The second-order valence-electron chi connectivity index (χ2n) is 7.81. The van der Waals surface area contributed by atoms with Gasteiger partial charge in [0.25, 0.3) is 0 Å². The molecule has 0 spiro atoms. The van der Waals surface area contributed by atoms with E-state index in [1.807, 2.05) is 0 Å². The van der Waals surface area contributed by atoms with Crippen molar-refractivity contribution in [1.82, 2.24) is 4.90 Å². The molecule has 0 N–H and O–H groups in total. The summed E-state index contributed by atoms with van der Waals surface area (Å²) in [5.74, 6) is -2.30. The van der Waals surface area contributed by atoms with Crippen LogP contribution in [-0.4, -0.2) is 35.7 Å². The van der Waals surface area contributed by atoms with Gasteiger partial charge < -0.3 is 9.47 Å². The smallest absolute Gasteiger partial charge is 0.411 e. The molecule has 5 nitrogen and oxygen atoms in total. The van der Waals surface area contributed by atoms with Crippen molar-refractivity contribution in [3.63, 3.8) is 0 Å². The van der Waals surface area contributed by atoms with Crippen molar-refractivity contribution >= 4 is 12.1 Å². The number of ether oxygens (including phenoxy) is 2. The van der Waals surface area contributed by atoms with Crippen LogP contribution in [0.15, 0.2) is 30.4 Å². The third-order valence-electron chi connectivity index (χ3n) is 4.56. The van der Waals surface area contributed by atoms with Gasteiger partial charge in [-0.2, -0.15) is 0 Å². The Hall–Kier alpha value is -2.44. The fourth-order valence-electron chi connectivity index (χ4n) is 3.34. The molecule has 0 radical (unpaired) electrons. The van der Waals surface area contributed by atoms with E-state index >= 15 is 0 Å². The monoisotopic (exact) mass is 395 g/mol. The Morgan fingerprint density at radius 1 is 1.21 bits per heavy atom. The van der Waals surface area contributed by atoms with E-state index < -0.39 is 29.3 Å². The first kappa shape index (κ1) is 21.9. The fourth-order valence-corrected chi connectivity index (χ4v) is 3.34. The lowest BCUT2D eigenvalue weighted by Gasteiger charge is -2.33. The van der Waals surface area contributed by atoms with E-state index in [0.29, 0.717) is 31.2 Å². The average molecular weight is 395 g/mol. The SMILES string of the molecule is COC(=O)/C=C/CC[C@H]1CC[C@@H](c2ccc(F)c(F)c2)N1C(=O)OC(C)(C)C. The molecule has 2 rings (SSSR count). The standard InChI is InChI=1S/C21H27F2NO4/c1-21(2,3)28-20(26)24-15(7-5-6-8-19(25)27-4)10-12-18(24)14-9-11-16(22)17(23)13-14/h6,8-9,11,13,15,18H,5,7,10,12H2,1-4H3/b8-6+/t15-,18-/m0/s1. The third-order valence-corrected chi connectivity index (χ3v) is 4.56. The van der Waals surface area contributed by atoms with Crippen molar-refractivity contribution in [2.24, 2.45) is 0 Å². The highest BCUT2D eigenvalue weighted by molar-refractivity contribution is 5.81. The van der Waals surface area contributed by atoms with Crippen molar-refractivity contribution in [2.45, 2.75) is 64.1 Å². The number of hydrogen-bond acceptors (Lipinski definition) is 4. The topological polar surface area (TPSA) is 55.8 Å². The number of nitrogens with zero attached hydrogens (tertiary/aromatic N) is 1. The molecule has 1 heterocycles. The highest BCUT2D eigenvalue weighted by atomic mass is 19.2. The molecular formula is C21H27F2NO4. The van der Waals surface area contributed by atoms with Crippen molar-refractivity contribution in [3.05, 3.63) is 47.5 Å². The van der Waals surface area contributed by atoms with Crippen LogP contribution >= 0.6 is 0 Å². The lowest BCUT2D eigenvalue weighted by molar-refractivity contribution is -0.134. The molecular weight excluding hydrogens is 368 g/mol. The van der Waals surface area contributed by atoms with Crippen LogP contribution in [0.25, 0.3) is 0 Å². The Morgan fingerprint density at radius 3 is 2.54 bits per heavy atom. The zero-order valence-electron chi connectivity index (χ0n) is 16.7. The van der Waals surface area contributed by atoms with Crippen LogP contribution < -0.4 is 0 Å². The summed E-state index contributed by atoms with van der Waals surface area (Å²) in [5, 5.41) is 0. The molecule has 1 aliphatic heterocycles. The summed E-state index contributed by atoms with van der Waals surface area (Å²) in [6, 6.07) is 3.19. The first-order valence-corrected chi connectivity index (χ1v) is 9.33. The Labute approximate surface area is 164 Å².